The highest BCUT2D eigenvalue weighted by molar-refractivity contribution is 6.04. The van der Waals surface area contributed by atoms with Crippen LogP contribution in [0.15, 0.2) is 102 Å². The van der Waals surface area contributed by atoms with Crippen LogP contribution < -0.4 is 15.5 Å². The average molecular weight is 492 g/mol. The van der Waals surface area contributed by atoms with Gasteiger partial charge in [-0.2, -0.15) is 5.10 Å². The van der Waals surface area contributed by atoms with E-state index in [1.54, 1.807) is 78.9 Å². The number of amides is 2. The first-order valence-corrected chi connectivity index (χ1v) is 11.6. The highest BCUT2D eigenvalue weighted by Crippen LogP contribution is 2.18. The zero-order valence-corrected chi connectivity index (χ0v) is 20.4. The maximum Gasteiger partial charge on any atom is 0.343 e. The van der Waals surface area contributed by atoms with Crippen LogP contribution in [0.2, 0.25) is 0 Å². The van der Waals surface area contributed by atoms with Crippen molar-refractivity contribution in [3.05, 3.63) is 130 Å². The number of anilines is 1. The van der Waals surface area contributed by atoms with Gasteiger partial charge < -0.3 is 10.1 Å². The van der Waals surface area contributed by atoms with E-state index < -0.39 is 11.9 Å². The Kier molecular flexibility index (Phi) is 7.85. The molecular formula is C30H25N3O4. The number of hydrazone groups is 1. The van der Waals surface area contributed by atoms with Crippen molar-refractivity contribution < 1.29 is 19.1 Å². The number of esters is 1. The fourth-order valence-electron chi connectivity index (χ4n) is 3.53. The number of carbonyl (C=O) groups is 3. The highest BCUT2D eigenvalue weighted by atomic mass is 16.5. The Morgan fingerprint density at radius 1 is 0.703 bits per heavy atom. The molecule has 7 heteroatoms. The summed E-state index contributed by atoms with van der Waals surface area (Å²) in [4.78, 5) is 37.4. The number of benzene rings is 4. The largest absolute Gasteiger partial charge is 0.422 e. The summed E-state index contributed by atoms with van der Waals surface area (Å²) in [5.74, 6) is -0.821. The quantitative estimate of drug-likeness (QED) is 0.154. The molecule has 0 atom stereocenters. The molecule has 184 valence electrons. The molecule has 2 amide bonds. The number of hydrogen-bond acceptors (Lipinski definition) is 5. The Hall–Kier alpha value is -5.04. The molecule has 0 radical (unpaired) electrons. The first kappa shape index (κ1) is 25.1. The van der Waals surface area contributed by atoms with E-state index in [0.717, 1.165) is 11.1 Å². The number of carbonyl (C=O) groups excluding carboxylic acids is 3. The van der Waals surface area contributed by atoms with Crippen molar-refractivity contribution >= 4 is 29.7 Å². The van der Waals surface area contributed by atoms with Gasteiger partial charge >= 0.3 is 5.97 Å². The van der Waals surface area contributed by atoms with E-state index in [-0.39, 0.29) is 5.91 Å². The molecule has 0 saturated heterocycles. The number of hydrogen-bond donors (Lipinski definition) is 2. The van der Waals surface area contributed by atoms with E-state index in [4.69, 9.17) is 4.74 Å². The lowest BCUT2D eigenvalue weighted by Crippen LogP contribution is -2.18. The van der Waals surface area contributed by atoms with E-state index in [1.807, 2.05) is 32.0 Å². The first-order valence-electron chi connectivity index (χ1n) is 11.6. The number of ether oxygens (including phenoxy) is 1. The SMILES string of the molecule is Cc1cccc(C(=O)Nc2ccc(C(=O)N/N=C\c3ccccc3OC(=O)c3cccc(C)c3)cc2)c1. The van der Waals surface area contributed by atoms with Crippen LogP contribution in [0.1, 0.15) is 47.8 Å². The van der Waals surface area contributed by atoms with Gasteiger partial charge in [0.05, 0.1) is 11.8 Å². The molecule has 4 rings (SSSR count). The third-order valence-electron chi connectivity index (χ3n) is 5.43. The van der Waals surface area contributed by atoms with Crippen LogP contribution in [-0.2, 0) is 0 Å². The van der Waals surface area contributed by atoms with E-state index in [9.17, 15) is 14.4 Å². The van der Waals surface area contributed by atoms with Crippen LogP contribution in [0.3, 0.4) is 0 Å². The summed E-state index contributed by atoms with van der Waals surface area (Å²) >= 11 is 0. The van der Waals surface area contributed by atoms with E-state index in [0.29, 0.717) is 33.7 Å². The van der Waals surface area contributed by atoms with Crippen molar-refractivity contribution in [3.63, 3.8) is 0 Å². The van der Waals surface area contributed by atoms with E-state index in [2.05, 4.69) is 15.8 Å². The minimum Gasteiger partial charge on any atom is -0.422 e. The number of aryl methyl sites for hydroxylation is 2. The zero-order chi connectivity index (χ0) is 26.2. The van der Waals surface area contributed by atoms with Gasteiger partial charge in [0.25, 0.3) is 11.8 Å². The lowest BCUT2D eigenvalue weighted by atomic mass is 10.1. The molecule has 0 aliphatic carbocycles. The second-order valence-electron chi connectivity index (χ2n) is 8.40. The molecule has 4 aromatic rings. The summed E-state index contributed by atoms with van der Waals surface area (Å²) in [7, 11) is 0. The summed E-state index contributed by atoms with van der Waals surface area (Å²) in [5, 5.41) is 6.82. The fraction of sp³-hybridized carbons (Fsp3) is 0.0667. The van der Waals surface area contributed by atoms with Crippen LogP contribution >= 0.6 is 0 Å². The van der Waals surface area contributed by atoms with Crippen LogP contribution in [0.5, 0.6) is 5.75 Å². The van der Waals surface area contributed by atoms with Gasteiger partial charge in [-0.05, 0) is 74.5 Å². The summed E-state index contributed by atoms with van der Waals surface area (Å²) in [6, 6.07) is 27.8. The van der Waals surface area contributed by atoms with Crippen molar-refractivity contribution in [1.82, 2.24) is 5.43 Å². The van der Waals surface area contributed by atoms with Crippen LogP contribution in [0, 0.1) is 13.8 Å². The first-order chi connectivity index (χ1) is 17.9. The Morgan fingerprint density at radius 3 is 2.05 bits per heavy atom. The molecule has 0 fully saturated rings. The Morgan fingerprint density at radius 2 is 1.35 bits per heavy atom. The summed E-state index contributed by atoms with van der Waals surface area (Å²) in [6.45, 7) is 3.82. The van der Waals surface area contributed by atoms with Crippen molar-refractivity contribution in [1.29, 1.82) is 0 Å². The van der Waals surface area contributed by atoms with Gasteiger partial charge in [-0.3, -0.25) is 9.59 Å². The monoisotopic (exact) mass is 491 g/mol. The zero-order valence-electron chi connectivity index (χ0n) is 20.4. The van der Waals surface area contributed by atoms with Crippen molar-refractivity contribution in [2.75, 3.05) is 5.32 Å². The van der Waals surface area contributed by atoms with Gasteiger partial charge in [0, 0.05) is 22.4 Å². The smallest absolute Gasteiger partial charge is 0.343 e. The third-order valence-corrected chi connectivity index (χ3v) is 5.43. The molecule has 0 spiro atoms. The average Bonchev–Trinajstić information content (AvgIpc) is 2.90. The Balaban J connectivity index is 1.36. The predicted molar refractivity (Wildman–Crippen MR) is 143 cm³/mol. The molecule has 0 unspecified atom stereocenters. The van der Waals surface area contributed by atoms with Gasteiger partial charge in [0.1, 0.15) is 5.75 Å². The fourth-order valence-corrected chi connectivity index (χ4v) is 3.53. The maximum absolute atomic E-state index is 12.5. The lowest BCUT2D eigenvalue weighted by Gasteiger charge is -2.08. The Bertz CT molecular complexity index is 1480. The molecule has 4 aromatic carbocycles. The van der Waals surface area contributed by atoms with Crippen LogP contribution in [-0.4, -0.2) is 24.0 Å². The van der Waals surface area contributed by atoms with Gasteiger partial charge in [-0.25, -0.2) is 10.2 Å². The van der Waals surface area contributed by atoms with Gasteiger partial charge in [-0.1, -0.05) is 47.5 Å². The summed E-state index contributed by atoms with van der Waals surface area (Å²) in [5.41, 5.74) is 6.86. The molecule has 0 heterocycles. The van der Waals surface area contributed by atoms with E-state index in [1.165, 1.54) is 6.21 Å². The number of nitrogens with one attached hydrogen (secondary N) is 2. The molecule has 7 nitrogen and oxygen atoms in total. The second kappa shape index (κ2) is 11.6. The third kappa shape index (κ3) is 6.76. The number of rotatable bonds is 7. The molecule has 0 aliphatic rings. The standard InChI is InChI=1S/C30H25N3O4/c1-20-7-5-10-23(17-20)28(34)32-26-15-13-22(14-16-26)29(35)33-31-19-25-9-3-4-12-27(25)37-30(36)24-11-6-8-21(2)18-24/h3-19H,1-2H3,(H,32,34)(H,33,35)/b31-19-. The normalized spacial score (nSPS) is 10.6. The second-order valence-corrected chi connectivity index (χ2v) is 8.40. The molecule has 0 bridgehead atoms. The molecule has 37 heavy (non-hydrogen) atoms. The summed E-state index contributed by atoms with van der Waals surface area (Å²) in [6.07, 6.45) is 1.41. The Labute approximate surface area is 214 Å². The number of para-hydroxylation sites is 1. The molecule has 0 aliphatic heterocycles. The molecule has 0 aromatic heterocycles. The van der Waals surface area contributed by atoms with E-state index >= 15 is 0 Å². The molecule has 2 N–H and O–H groups in total. The van der Waals surface area contributed by atoms with Gasteiger partial charge in [-0.15, -0.1) is 0 Å². The lowest BCUT2D eigenvalue weighted by molar-refractivity contribution is 0.0733. The molecule has 0 saturated carbocycles. The maximum atomic E-state index is 12.5. The summed E-state index contributed by atoms with van der Waals surface area (Å²) < 4.78 is 5.53. The minimum absolute atomic E-state index is 0.229. The van der Waals surface area contributed by atoms with Crippen LogP contribution in [0.4, 0.5) is 5.69 Å². The predicted octanol–water partition coefficient (Wildman–Crippen LogP) is 5.54. The van der Waals surface area contributed by atoms with Crippen molar-refractivity contribution in [2.45, 2.75) is 13.8 Å². The van der Waals surface area contributed by atoms with Gasteiger partial charge in [0.2, 0.25) is 0 Å². The molecular weight excluding hydrogens is 466 g/mol. The van der Waals surface area contributed by atoms with Crippen molar-refractivity contribution in [3.8, 4) is 5.75 Å². The van der Waals surface area contributed by atoms with Gasteiger partial charge in [0.15, 0.2) is 0 Å². The highest BCUT2D eigenvalue weighted by Gasteiger charge is 2.12. The van der Waals surface area contributed by atoms with Crippen LogP contribution in [0.25, 0.3) is 0 Å². The minimum atomic E-state index is -0.483. The van der Waals surface area contributed by atoms with Crippen molar-refractivity contribution in [2.24, 2.45) is 5.10 Å². The number of nitrogens with zero attached hydrogens (tertiary/aromatic N) is 1. The topological polar surface area (TPSA) is 96.9 Å².